The summed E-state index contributed by atoms with van der Waals surface area (Å²) >= 11 is 3.40. The van der Waals surface area contributed by atoms with Gasteiger partial charge < -0.3 is 15.6 Å². The highest BCUT2D eigenvalue weighted by atomic mass is 79.9. The lowest BCUT2D eigenvalue weighted by atomic mass is 10.1. The molecule has 0 heterocycles. The molecule has 0 aliphatic rings. The molecule has 0 saturated carbocycles. The molecule has 0 radical (unpaired) electrons. The molecule has 1 unspecified atom stereocenters. The minimum absolute atomic E-state index is 0.0350. The van der Waals surface area contributed by atoms with E-state index in [2.05, 4.69) is 15.9 Å². The van der Waals surface area contributed by atoms with Gasteiger partial charge in [-0.25, -0.2) is 0 Å². The molecule has 0 fully saturated rings. The lowest BCUT2D eigenvalue weighted by Crippen LogP contribution is -2.18. The fraction of sp³-hybridized carbons (Fsp3) is 0.200. The van der Waals surface area contributed by atoms with Crippen molar-refractivity contribution in [2.75, 3.05) is 6.54 Å². The third kappa shape index (κ3) is 3.80. The van der Waals surface area contributed by atoms with Gasteiger partial charge in [0.05, 0.1) is 6.61 Å². The topological polar surface area (TPSA) is 55.5 Å². The average Bonchev–Trinajstić information content (AvgIpc) is 2.46. The maximum Gasteiger partial charge on any atom is 0.136 e. The van der Waals surface area contributed by atoms with Gasteiger partial charge in [0.15, 0.2) is 0 Å². The molecule has 3 nitrogen and oxygen atoms in total. The van der Waals surface area contributed by atoms with Gasteiger partial charge in [-0.1, -0.05) is 40.2 Å². The highest BCUT2D eigenvalue weighted by Gasteiger charge is 2.11. The maximum atomic E-state index is 9.00. The van der Waals surface area contributed by atoms with Gasteiger partial charge in [-0.15, -0.1) is 0 Å². The van der Waals surface area contributed by atoms with E-state index in [0.29, 0.717) is 6.54 Å². The van der Waals surface area contributed by atoms with Gasteiger partial charge in [0.25, 0.3) is 0 Å². The van der Waals surface area contributed by atoms with Crippen LogP contribution in [0.1, 0.15) is 17.2 Å². The van der Waals surface area contributed by atoms with E-state index in [1.807, 2.05) is 48.5 Å². The van der Waals surface area contributed by atoms with Gasteiger partial charge in [-0.05, 0) is 35.4 Å². The van der Waals surface area contributed by atoms with Crippen molar-refractivity contribution in [3.63, 3.8) is 0 Å². The van der Waals surface area contributed by atoms with E-state index < -0.39 is 0 Å². The van der Waals surface area contributed by atoms with Crippen LogP contribution in [-0.2, 0) is 6.61 Å². The molecule has 2 rings (SSSR count). The Morgan fingerprint density at radius 2 is 1.68 bits per heavy atom. The first-order chi connectivity index (χ1) is 9.22. The molecule has 0 spiro atoms. The summed E-state index contributed by atoms with van der Waals surface area (Å²) in [5.41, 5.74) is 7.67. The van der Waals surface area contributed by atoms with E-state index in [1.165, 1.54) is 0 Å². The van der Waals surface area contributed by atoms with Crippen LogP contribution in [-0.4, -0.2) is 11.7 Å². The molecule has 1 atom stereocenters. The van der Waals surface area contributed by atoms with Crippen LogP contribution < -0.4 is 10.5 Å². The fourth-order valence-electron chi connectivity index (χ4n) is 1.77. The highest BCUT2D eigenvalue weighted by Crippen LogP contribution is 2.23. The van der Waals surface area contributed by atoms with Crippen molar-refractivity contribution < 1.29 is 9.84 Å². The molecule has 2 aromatic rings. The van der Waals surface area contributed by atoms with E-state index in [1.54, 1.807) is 0 Å². The minimum Gasteiger partial charge on any atom is -0.484 e. The Labute approximate surface area is 121 Å². The molecule has 2 aromatic carbocycles. The lowest BCUT2D eigenvalue weighted by Gasteiger charge is -2.18. The predicted octanol–water partition coefficient (Wildman–Crippen LogP) is 3.02. The Kier molecular flexibility index (Phi) is 4.96. The van der Waals surface area contributed by atoms with Crippen molar-refractivity contribution in [2.45, 2.75) is 12.7 Å². The number of hydrogen-bond acceptors (Lipinski definition) is 3. The van der Waals surface area contributed by atoms with Crippen LogP contribution in [0.5, 0.6) is 5.75 Å². The highest BCUT2D eigenvalue weighted by molar-refractivity contribution is 9.10. The summed E-state index contributed by atoms with van der Waals surface area (Å²) in [5, 5.41) is 9.00. The van der Waals surface area contributed by atoms with Gasteiger partial charge in [0.1, 0.15) is 11.9 Å². The molecule has 0 aliphatic heterocycles. The van der Waals surface area contributed by atoms with Crippen LogP contribution in [0.15, 0.2) is 53.0 Å². The number of ether oxygens (including phenoxy) is 1. The van der Waals surface area contributed by atoms with E-state index in [9.17, 15) is 0 Å². The third-order valence-electron chi connectivity index (χ3n) is 2.84. The van der Waals surface area contributed by atoms with Crippen molar-refractivity contribution in [1.82, 2.24) is 0 Å². The van der Waals surface area contributed by atoms with Crippen molar-refractivity contribution in [1.29, 1.82) is 0 Å². The Balaban J connectivity index is 2.11. The summed E-state index contributed by atoms with van der Waals surface area (Å²) in [6, 6.07) is 15.3. The number of hydrogen-bond donors (Lipinski definition) is 2. The van der Waals surface area contributed by atoms with Gasteiger partial charge >= 0.3 is 0 Å². The van der Waals surface area contributed by atoms with E-state index in [4.69, 9.17) is 15.6 Å². The number of nitrogens with two attached hydrogens (primary N) is 1. The zero-order valence-electron chi connectivity index (χ0n) is 10.4. The standard InChI is InChI=1S/C15H16BrNO2/c16-13-5-3-12(4-6-13)15(9-17)19-14-7-1-11(10-18)2-8-14/h1-8,15,18H,9-10,17H2. The van der Waals surface area contributed by atoms with Crippen LogP contribution in [0.3, 0.4) is 0 Å². The molecule has 19 heavy (non-hydrogen) atoms. The number of halogens is 1. The summed E-state index contributed by atoms with van der Waals surface area (Å²) < 4.78 is 6.89. The van der Waals surface area contributed by atoms with Gasteiger partial charge in [0.2, 0.25) is 0 Å². The first kappa shape index (κ1) is 14.1. The molecule has 0 aliphatic carbocycles. The van der Waals surface area contributed by atoms with Gasteiger partial charge in [0, 0.05) is 11.0 Å². The Bertz CT molecular complexity index is 511. The van der Waals surface area contributed by atoms with Gasteiger partial charge in [-0.3, -0.25) is 0 Å². The smallest absolute Gasteiger partial charge is 0.136 e. The lowest BCUT2D eigenvalue weighted by molar-refractivity contribution is 0.214. The van der Waals surface area contributed by atoms with Crippen molar-refractivity contribution in [3.05, 3.63) is 64.1 Å². The molecule has 100 valence electrons. The molecular weight excluding hydrogens is 306 g/mol. The number of aliphatic hydroxyl groups is 1. The van der Waals surface area contributed by atoms with E-state index >= 15 is 0 Å². The first-order valence-corrected chi connectivity index (χ1v) is 6.84. The Morgan fingerprint density at radius 3 is 2.21 bits per heavy atom. The van der Waals surface area contributed by atoms with Crippen LogP contribution in [0.4, 0.5) is 0 Å². The first-order valence-electron chi connectivity index (χ1n) is 6.05. The van der Waals surface area contributed by atoms with Crippen molar-refractivity contribution in [3.8, 4) is 5.75 Å². The maximum absolute atomic E-state index is 9.00. The zero-order valence-corrected chi connectivity index (χ0v) is 12.0. The minimum atomic E-state index is -0.173. The zero-order chi connectivity index (χ0) is 13.7. The second kappa shape index (κ2) is 6.70. The average molecular weight is 322 g/mol. The molecular formula is C15H16BrNO2. The summed E-state index contributed by atoms with van der Waals surface area (Å²) in [6.07, 6.45) is -0.173. The molecule has 4 heteroatoms. The molecule has 0 saturated heterocycles. The summed E-state index contributed by atoms with van der Waals surface area (Å²) in [7, 11) is 0. The largest absolute Gasteiger partial charge is 0.484 e. The Hall–Kier alpha value is -1.36. The molecule has 0 bridgehead atoms. The third-order valence-corrected chi connectivity index (χ3v) is 3.37. The van der Waals surface area contributed by atoms with Crippen LogP contribution in [0, 0.1) is 0 Å². The molecule has 3 N–H and O–H groups in total. The predicted molar refractivity (Wildman–Crippen MR) is 78.9 cm³/mol. The van der Waals surface area contributed by atoms with Gasteiger partial charge in [-0.2, -0.15) is 0 Å². The second-order valence-corrected chi connectivity index (χ2v) is 5.11. The van der Waals surface area contributed by atoms with E-state index in [0.717, 1.165) is 21.3 Å². The Morgan fingerprint density at radius 1 is 1.05 bits per heavy atom. The summed E-state index contributed by atoms with van der Waals surface area (Å²) in [5.74, 6) is 0.746. The number of benzene rings is 2. The molecule has 0 amide bonds. The summed E-state index contributed by atoms with van der Waals surface area (Å²) in [6.45, 7) is 0.441. The quantitative estimate of drug-likeness (QED) is 0.890. The summed E-state index contributed by atoms with van der Waals surface area (Å²) in [4.78, 5) is 0. The second-order valence-electron chi connectivity index (χ2n) is 4.20. The molecule has 0 aromatic heterocycles. The normalized spacial score (nSPS) is 12.2. The van der Waals surface area contributed by atoms with Crippen LogP contribution >= 0.6 is 15.9 Å². The van der Waals surface area contributed by atoms with Crippen molar-refractivity contribution >= 4 is 15.9 Å². The fourth-order valence-corrected chi connectivity index (χ4v) is 2.03. The number of rotatable bonds is 5. The monoisotopic (exact) mass is 321 g/mol. The van der Waals surface area contributed by atoms with E-state index in [-0.39, 0.29) is 12.7 Å². The SMILES string of the molecule is NCC(Oc1ccc(CO)cc1)c1ccc(Br)cc1. The van der Waals surface area contributed by atoms with Crippen LogP contribution in [0.2, 0.25) is 0 Å². The van der Waals surface area contributed by atoms with Crippen molar-refractivity contribution in [2.24, 2.45) is 5.73 Å². The number of aliphatic hydroxyl groups excluding tert-OH is 1. The van der Waals surface area contributed by atoms with Crippen LogP contribution in [0.25, 0.3) is 0 Å².